The van der Waals surface area contributed by atoms with Crippen molar-refractivity contribution in [3.8, 4) is 0 Å². The van der Waals surface area contributed by atoms with E-state index in [-0.39, 0.29) is 26.8 Å². The molecule has 1 aromatic rings. The van der Waals surface area contributed by atoms with Crippen molar-refractivity contribution in [2.45, 2.75) is 24.4 Å². The van der Waals surface area contributed by atoms with Crippen LogP contribution in [0.5, 0.6) is 0 Å². The average Bonchev–Trinajstić information content (AvgIpc) is 2.87. The molecular formula is C9H12N2O5Se. The molecule has 0 spiro atoms. The molecule has 8 heteroatoms. The van der Waals surface area contributed by atoms with Gasteiger partial charge in [0.05, 0.1) is 0 Å². The molecule has 1 amide bonds. The van der Waals surface area contributed by atoms with E-state index in [0.717, 1.165) is 0 Å². The van der Waals surface area contributed by atoms with Gasteiger partial charge >= 0.3 is 102 Å². The molecule has 2 rings (SSSR count). The maximum atomic E-state index is 10.9. The number of nitrogens with two attached hydrogens (primary N) is 1. The van der Waals surface area contributed by atoms with Gasteiger partial charge in [0, 0.05) is 0 Å². The number of primary amides is 1. The van der Waals surface area contributed by atoms with E-state index in [1.807, 2.05) is 0 Å². The number of hydrogen-bond acceptors (Lipinski definition) is 6. The number of rotatable bonds is 3. The van der Waals surface area contributed by atoms with E-state index >= 15 is 0 Å². The second kappa shape index (κ2) is 4.85. The van der Waals surface area contributed by atoms with E-state index in [9.17, 15) is 15.0 Å². The van der Waals surface area contributed by atoms with E-state index < -0.39 is 30.3 Å². The molecule has 17 heavy (non-hydrogen) atoms. The predicted octanol–water partition coefficient (Wildman–Crippen LogP) is -2.61. The Balaban J connectivity index is 2.19. The molecule has 0 radical (unpaired) electrons. The van der Waals surface area contributed by atoms with Crippen molar-refractivity contribution in [3.63, 3.8) is 0 Å². The van der Waals surface area contributed by atoms with E-state index in [1.165, 1.54) is 0 Å². The molecule has 0 bridgehead atoms. The summed E-state index contributed by atoms with van der Waals surface area (Å²) >= 11 is -0.236. The fourth-order valence-corrected chi connectivity index (χ4v) is 3.48. The molecule has 0 aliphatic carbocycles. The molecule has 5 N–H and O–H groups in total. The molecule has 1 aliphatic rings. The van der Waals surface area contributed by atoms with E-state index in [0.29, 0.717) is 4.57 Å². The van der Waals surface area contributed by atoms with Gasteiger partial charge in [0.25, 0.3) is 0 Å². The minimum atomic E-state index is -1.15. The van der Waals surface area contributed by atoms with Gasteiger partial charge in [-0.25, -0.2) is 0 Å². The first-order valence-corrected chi connectivity index (χ1v) is 6.77. The summed E-state index contributed by atoms with van der Waals surface area (Å²) in [6.45, 7) is -0.384. The monoisotopic (exact) mass is 308 g/mol. The summed E-state index contributed by atoms with van der Waals surface area (Å²) in [5.74, 6) is -0.631. The molecule has 2 heterocycles. The fraction of sp³-hybridized carbons (Fsp3) is 0.556. The third kappa shape index (κ3) is 2.28. The van der Waals surface area contributed by atoms with Crippen molar-refractivity contribution in [1.29, 1.82) is 0 Å². The Morgan fingerprint density at radius 1 is 1.53 bits per heavy atom. The molecule has 0 saturated carbocycles. The summed E-state index contributed by atoms with van der Waals surface area (Å²) in [4.78, 5) is 16.5. The Morgan fingerprint density at radius 2 is 2.24 bits per heavy atom. The van der Waals surface area contributed by atoms with Crippen LogP contribution in [-0.4, -0.2) is 65.6 Å². The molecule has 1 fully saturated rings. The number of amides is 1. The quantitative estimate of drug-likeness (QED) is 0.453. The zero-order valence-corrected chi connectivity index (χ0v) is 10.4. The second-order valence-corrected chi connectivity index (χ2v) is 5.56. The number of carbonyl (C=O) groups is 1. The summed E-state index contributed by atoms with van der Waals surface area (Å²) < 4.78 is 5.79. The van der Waals surface area contributed by atoms with Gasteiger partial charge in [0.2, 0.25) is 0 Å². The molecule has 4 atom stereocenters. The molecule has 94 valence electrons. The molecule has 7 nitrogen and oxygen atoms in total. The number of nitrogens with zero attached hydrogens (tertiary/aromatic N) is 1. The van der Waals surface area contributed by atoms with Crippen LogP contribution >= 0.6 is 0 Å². The summed E-state index contributed by atoms with van der Waals surface area (Å²) in [5, 5.41) is 28.3. The molecule has 1 saturated heterocycles. The van der Waals surface area contributed by atoms with Crippen LogP contribution in [0.4, 0.5) is 0 Å². The average molecular weight is 307 g/mol. The number of aliphatic hydroxyl groups is 3. The first kappa shape index (κ1) is 12.7. The maximum absolute atomic E-state index is 10.9. The Hall–Kier alpha value is -0.761. The molecular weight excluding hydrogens is 295 g/mol. The first-order valence-electron chi connectivity index (χ1n) is 4.92. The molecule has 1 unspecified atom stereocenters. The van der Waals surface area contributed by atoms with Crippen molar-refractivity contribution < 1.29 is 24.9 Å². The van der Waals surface area contributed by atoms with Crippen molar-refractivity contribution in [3.05, 3.63) is 15.2 Å². The summed E-state index contributed by atoms with van der Waals surface area (Å²) in [6.07, 6.45) is -3.91. The van der Waals surface area contributed by atoms with Gasteiger partial charge in [0.15, 0.2) is 0 Å². The number of ether oxygens (including phenoxy) is 1. The van der Waals surface area contributed by atoms with Crippen LogP contribution in [0.25, 0.3) is 0 Å². The third-order valence-corrected chi connectivity index (χ3v) is 4.46. The number of aromatic nitrogens is 1. The van der Waals surface area contributed by atoms with E-state index in [2.05, 4.69) is 4.98 Å². The van der Waals surface area contributed by atoms with Gasteiger partial charge in [-0.2, -0.15) is 0 Å². The van der Waals surface area contributed by atoms with Crippen LogP contribution in [0.2, 0.25) is 0 Å². The SMILES string of the molecule is NC(=O)c1c[se]c(C2O[C@H](CO)[C@@H](O)[C@@H]2O)n1. The summed E-state index contributed by atoms with van der Waals surface area (Å²) in [7, 11) is 0. The van der Waals surface area contributed by atoms with Gasteiger partial charge in [-0.3, -0.25) is 0 Å². The van der Waals surface area contributed by atoms with Crippen molar-refractivity contribution >= 4 is 20.4 Å². The first-order chi connectivity index (χ1) is 8.04. The van der Waals surface area contributed by atoms with Crippen LogP contribution in [0.1, 0.15) is 21.2 Å². The molecule has 1 aliphatic heterocycles. The minimum absolute atomic E-state index is 0.151. The zero-order valence-electron chi connectivity index (χ0n) is 8.68. The van der Waals surface area contributed by atoms with Gasteiger partial charge in [-0.1, -0.05) is 0 Å². The Kier molecular flexibility index (Phi) is 3.62. The van der Waals surface area contributed by atoms with Crippen LogP contribution in [0.3, 0.4) is 0 Å². The molecule has 0 aromatic carbocycles. The number of carbonyl (C=O) groups excluding carboxylic acids is 1. The van der Waals surface area contributed by atoms with Crippen molar-refractivity contribution in [2.24, 2.45) is 5.73 Å². The Labute approximate surface area is 103 Å². The van der Waals surface area contributed by atoms with E-state index in [1.54, 1.807) is 4.94 Å². The topological polar surface area (TPSA) is 126 Å². The number of hydrogen-bond donors (Lipinski definition) is 4. The molecule has 1 aromatic heterocycles. The van der Waals surface area contributed by atoms with Crippen LogP contribution in [0, 0.1) is 0 Å². The second-order valence-electron chi connectivity index (χ2n) is 3.69. The predicted molar refractivity (Wildman–Crippen MR) is 56.4 cm³/mol. The fourth-order valence-electron chi connectivity index (χ4n) is 1.64. The van der Waals surface area contributed by atoms with E-state index in [4.69, 9.17) is 15.6 Å². The van der Waals surface area contributed by atoms with Gasteiger partial charge in [-0.05, 0) is 0 Å². The Morgan fingerprint density at radius 3 is 2.71 bits per heavy atom. The Bertz CT molecular complexity index is 423. The van der Waals surface area contributed by atoms with Gasteiger partial charge < -0.3 is 0 Å². The zero-order chi connectivity index (χ0) is 12.6. The third-order valence-electron chi connectivity index (χ3n) is 2.56. The van der Waals surface area contributed by atoms with Crippen LogP contribution in [-0.2, 0) is 4.74 Å². The van der Waals surface area contributed by atoms with Crippen molar-refractivity contribution in [2.75, 3.05) is 6.61 Å². The van der Waals surface area contributed by atoms with Crippen molar-refractivity contribution in [1.82, 2.24) is 4.98 Å². The summed E-state index contributed by atoms with van der Waals surface area (Å²) in [5.41, 5.74) is 5.23. The van der Waals surface area contributed by atoms with Crippen LogP contribution in [0.15, 0.2) is 4.94 Å². The van der Waals surface area contributed by atoms with Gasteiger partial charge in [0.1, 0.15) is 0 Å². The van der Waals surface area contributed by atoms with Crippen LogP contribution < -0.4 is 5.73 Å². The van der Waals surface area contributed by atoms with Gasteiger partial charge in [-0.15, -0.1) is 0 Å². The number of aliphatic hydroxyl groups excluding tert-OH is 3. The normalized spacial score (nSPS) is 32.9. The summed E-state index contributed by atoms with van der Waals surface area (Å²) in [6, 6.07) is 0. The standard InChI is InChI=1S/C9H12N2O5Se/c10-8(15)3-2-17-9(11-3)7-6(14)5(13)4(1-12)16-7/h2,4-7,12-14H,1H2,(H2,10,15)/t4-,5-,6+,7?/m1/s1.